The monoisotopic (exact) mass is 437 g/mol. The summed E-state index contributed by atoms with van der Waals surface area (Å²) in [6, 6.07) is 14.4. The standard InChI is InChI=1S/C24H20ClNO5/c1-13-6-4-5-7-17(13)26-21(18-11-8-14(2)31-18)20(23(28)24(26)29)22(27)15-9-10-16(25)19(12-15)30-3/h4-12,21,27H,1-3H3/b22-20-. The summed E-state index contributed by atoms with van der Waals surface area (Å²) in [5, 5.41) is 11.5. The van der Waals surface area contributed by atoms with Crippen LogP contribution in [0, 0.1) is 13.8 Å². The Labute approximate surface area is 184 Å². The van der Waals surface area contributed by atoms with Crippen molar-refractivity contribution in [2.45, 2.75) is 19.9 Å². The minimum Gasteiger partial charge on any atom is -0.507 e. The van der Waals surface area contributed by atoms with Gasteiger partial charge in [-0.1, -0.05) is 29.8 Å². The van der Waals surface area contributed by atoms with Crippen LogP contribution in [0.5, 0.6) is 5.75 Å². The number of aryl methyl sites for hydroxylation is 2. The molecule has 4 rings (SSSR count). The molecule has 1 atom stereocenters. The number of nitrogens with zero attached hydrogens (tertiary/aromatic N) is 1. The van der Waals surface area contributed by atoms with Gasteiger partial charge in [0.15, 0.2) is 0 Å². The van der Waals surface area contributed by atoms with Crippen molar-refractivity contribution in [2.24, 2.45) is 0 Å². The predicted octanol–water partition coefficient (Wildman–Crippen LogP) is 5.18. The lowest BCUT2D eigenvalue weighted by atomic mass is 9.99. The molecule has 1 saturated heterocycles. The van der Waals surface area contributed by atoms with Gasteiger partial charge in [0.05, 0.1) is 17.7 Å². The summed E-state index contributed by atoms with van der Waals surface area (Å²) in [4.78, 5) is 27.6. The van der Waals surface area contributed by atoms with Crippen LogP contribution in [0.2, 0.25) is 5.02 Å². The third kappa shape index (κ3) is 3.49. The Morgan fingerprint density at radius 3 is 2.48 bits per heavy atom. The highest BCUT2D eigenvalue weighted by Crippen LogP contribution is 2.44. The summed E-state index contributed by atoms with van der Waals surface area (Å²) in [7, 11) is 1.45. The molecule has 0 bridgehead atoms. The van der Waals surface area contributed by atoms with E-state index in [9.17, 15) is 14.7 Å². The zero-order valence-corrected chi connectivity index (χ0v) is 17.9. The number of carbonyl (C=O) groups is 2. The number of amides is 1. The van der Waals surface area contributed by atoms with E-state index in [0.717, 1.165) is 5.56 Å². The number of hydrogen-bond donors (Lipinski definition) is 1. The fourth-order valence-corrected chi connectivity index (χ4v) is 3.94. The first-order valence-corrected chi connectivity index (χ1v) is 9.98. The third-order valence-electron chi connectivity index (χ3n) is 5.27. The predicted molar refractivity (Wildman–Crippen MR) is 117 cm³/mol. The normalized spacial score (nSPS) is 17.9. The Morgan fingerprint density at radius 1 is 1.10 bits per heavy atom. The molecule has 158 valence electrons. The number of hydrogen-bond acceptors (Lipinski definition) is 5. The van der Waals surface area contributed by atoms with Crippen LogP contribution >= 0.6 is 11.6 Å². The second-order valence-electron chi connectivity index (χ2n) is 7.25. The van der Waals surface area contributed by atoms with Gasteiger partial charge in [-0.3, -0.25) is 14.5 Å². The van der Waals surface area contributed by atoms with Crippen molar-refractivity contribution >= 4 is 34.7 Å². The average Bonchev–Trinajstić information content (AvgIpc) is 3.29. The Balaban J connectivity index is 1.96. The number of furan rings is 1. The van der Waals surface area contributed by atoms with E-state index in [0.29, 0.717) is 33.5 Å². The average molecular weight is 438 g/mol. The molecule has 31 heavy (non-hydrogen) atoms. The second-order valence-corrected chi connectivity index (χ2v) is 7.66. The quantitative estimate of drug-likeness (QED) is 0.345. The summed E-state index contributed by atoms with van der Waals surface area (Å²) in [5.74, 6) is -0.529. The van der Waals surface area contributed by atoms with Crippen LogP contribution in [-0.2, 0) is 9.59 Å². The molecule has 1 aromatic heterocycles. The van der Waals surface area contributed by atoms with Gasteiger partial charge in [0.1, 0.15) is 29.1 Å². The molecular weight excluding hydrogens is 418 g/mol. The van der Waals surface area contributed by atoms with E-state index in [1.165, 1.54) is 18.1 Å². The molecular formula is C24H20ClNO5. The van der Waals surface area contributed by atoms with Crippen molar-refractivity contribution in [3.05, 3.63) is 87.8 Å². The van der Waals surface area contributed by atoms with Crippen LogP contribution in [0.3, 0.4) is 0 Å². The van der Waals surface area contributed by atoms with Crippen LogP contribution < -0.4 is 9.64 Å². The highest BCUT2D eigenvalue weighted by atomic mass is 35.5. The van der Waals surface area contributed by atoms with Gasteiger partial charge in [-0.15, -0.1) is 0 Å². The summed E-state index contributed by atoms with van der Waals surface area (Å²) >= 11 is 6.09. The van der Waals surface area contributed by atoms with Crippen molar-refractivity contribution in [1.29, 1.82) is 0 Å². The summed E-state index contributed by atoms with van der Waals surface area (Å²) < 4.78 is 11.0. The van der Waals surface area contributed by atoms with E-state index >= 15 is 0 Å². The van der Waals surface area contributed by atoms with E-state index in [4.69, 9.17) is 20.8 Å². The number of aliphatic hydroxyl groups is 1. The number of Topliss-reactive ketones (excluding diaryl/α,β-unsaturated/α-hetero) is 1. The van der Waals surface area contributed by atoms with Crippen LogP contribution in [-0.4, -0.2) is 23.9 Å². The van der Waals surface area contributed by atoms with Gasteiger partial charge in [-0.2, -0.15) is 0 Å². The number of benzene rings is 2. The molecule has 1 amide bonds. The van der Waals surface area contributed by atoms with E-state index < -0.39 is 17.7 Å². The van der Waals surface area contributed by atoms with Crippen molar-refractivity contribution < 1.29 is 23.8 Å². The van der Waals surface area contributed by atoms with Gasteiger partial charge < -0.3 is 14.3 Å². The number of carbonyl (C=O) groups excluding carboxylic acids is 2. The molecule has 0 aliphatic carbocycles. The molecule has 2 heterocycles. The van der Waals surface area contributed by atoms with Crippen molar-refractivity contribution in [3.63, 3.8) is 0 Å². The number of halogens is 1. The number of ether oxygens (including phenoxy) is 1. The number of aliphatic hydroxyl groups excluding tert-OH is 1. The molecule has 0 spiro atoms. The number of rotatable bonds is 4. The summed E-state index contributed by atoms with van der Waals surface area (Å²) in [5.41, 5.74) is 1.62. The van der Waals surface area contributed by atoms with Crippen molar-refractivity contribution in [2.75, 3.05) is 12.0 Å². The topological polar surface area (TPSA) is 80.0 Å². The van der Waals surface area contributed by atoms with Gasteiger partial charge in [-0.25, -0.2) is 0 Å². The molecule has 1 aliphatic rings. The fourth-order valence-electron chi connectivity index (χ4n) is 3.75. The molecule has 1 fully saturated rings. The smallest absolute Gasteiger partial charge is 0.300 e. The van der Waals surface area contributed by atoms with Gasteiger partial charge in [-0.05, 0) is 55.8 Å². The fraction of sp³-hybridized carbons (Fsp3) is 0.167. The van der Waals surface area contributed by atoms with Crippen LogP contribution in [0.1, 0.15) is 28.7 Å². The molecule has 0 saturated carbocycles. The first kappa shape index (κ1) is 20.8. The second kappa shape index (κ2) is 7.96. The maximum absolute atomic E-state index is 13.1. The Bertz CT molecular complexity index is 1230. The zero-order chi connectivity index (χ0) is 22.3. The molecule has 6 nitrogen and oxygen atoms in total. The zero-order valence-electron chi connectivity index (χ0n) is 17.2. The molecule has 7 heteroatoms. The van der Waals surface area contributed by atoms with Crippen LogP contribution in [0.4, 0.5) is 5.69 Å². The van der Waals surface area contributed by atoms with Gasteiger partial charge in [0, 0.05) is 11.3 Å². The first-order valence-electron chi connectivity index (χ1n) is 9.60. The summed E-state index contributed by atoms with van der Waals surface area (Å²) in [6.07, 6.45) is 0. The maximum atomic E-state index is 13.1. The molecule has 0 radical (unpaired) electrons. The number of ketones is 1. The Kier molecular flexibility index (Phi) is 5.33. The minimum atomic E-state index is -0.920. The number of anilines is 1. The van der Waals surface area contributed by atoms with E-state index in [-0.39, 0.29) is 11.3 Å². The molecule has 2 aromatic carbocycles. The van der Waals surface area contributed by atoms with Crippen molar-refractivity contribution in [1.82, 2.24) is 0 Å². The molecule has 3 aromatic rings. The molecule has 1 unspecified atom stereocenters. The molecule has 1 aliphatic heterocycles. The number of methoxy groups -OCH3 is 1. The largest absolute Gasteiger partial charge is 0.507 e. The van der Waals surface area contributed by atoms with Gasteiger partial charge in [0.2, 0.25) is 0 Å². The Morgan fingerprint density at radius 2 is 1.84 bits per heavy atom. The van der Waals surface area contributed by atoms with E-state index in [1.807, 2.05) is 19.1 Å². The lowest BCUT2D eigenvalue weighted by Crippen LogP contribution is -2.29. The lowest BCUT2D eigenvalue weighted by molar-refractivity contribution is -0.132. The van der Waals surface area contributed by atoms with E-state index in [2.05, 4.69) is 0 Å². The van der Waals surface area contributed by atoms with Gasteiger partial charge >= 0.3 is 0 Å². The van der Waals surface area contributed by atoms with Gasteiger partial charge in [0.25, 0.3) is 11.7 Å². The summed E-state index contributed by atoms with van der Waals surface area (Å²) in [6.45, 7) is 3.62. The molecule has 1 N–H and O–H groups in total. The van der Waals surface area contributed by atoms with Crippen molar-refractivity contribution in [3.8, 4) is 5.75 Å². The third-order valence-corrected chi connectivity index (χ3v) is 5.59. The van der Waals surface area contributed by atoms with Crippen LogP contribution in [0.25, 0.3) is 5.76 Å². The minimum absolute atomic E-state index is 0.0630. The Hall–Kier alpha value is -3.51. The lowest BCUT2D eigenvalue weighted by Gasteiger charge is -2.25. The number of para-hydroxylation sites is 1. The SMILES string of the molecule is COc1cc(/C(O)=C2/C(=O)C(=O)N(c3ccccc3C)C2c2ccc(C)o2)ccc1Cl. The highest BCUT2D eigenvalue weighted by Gasteiger charge is 2.48. The maximum Gasteiger partial charge on any atom is 0.300 e. The van der Waals surface area contributed by atoms with E-state index in [1.54, 1.807) is 43.3 Å². The van der Waals surface area contributed by atoms with Crippen LogP contribution in [0.15, 0.2) is 64.6 Å². The highest BCUT2D eigenvalue weighted by molar-refractivity contribution is 6.51. The first-order chi connectivity index (χ1) is 14.8.